The van der Waals surface area contributed by atoms with Gasteiger partial charge in [0.05, 0.1) is 24.5 Å². The number of carbonyl (C=O) groups is 2. The first kappa shape index (κ1) is 26.1. The minimum atomic E-state index is -0.611. The fraction of sp³-hybridized carbons (Fsp3) is 0.519. The summed E-state index contributed by atoms with van der Waals surface area (Å²) in [5, 5.41) is 6.14. The van der Waals surface area contributed by atoms with Gasteiger partial charge >= 0.3 is 0 Å². The van der Waals surface area contributed by atoms with E-state index in [9.17, 15) is 9.59 Å². The van der Waals surface area contributed by atoms with Gasteiger partial charge in [0.1, 0.15) is 23.9 Å². The summed E-state index contributed by atoms with van der Waals surface area (Å²) in [5.74, 6) is 0.401. The quantitative estimate of drug-likeness (QED) is 0.588. The summed E-state index contributed by atoms with van der Waals surface area (Å²) < 4.78 is 5.57. The van der Waals surface area contributed by atoms with Crippen LogP contribution in [-0.2, 0) is 20.9 Å². The van der Waals surface area contributed by atoms with E-state index in [-0.39, 0.29) is 11.8 Å². The van der Waals surface area contributed by atoms with E-state index < -0.39 is 5.92 Å². The van der Waals surface area contributed by atoms with Crippen LogP contribution < -0.4 is 15.5 Å². The molecule has 11 heteroatoms. The zero-order valence-electron chi connectivity index (χ0n) is 22.2. The number of hydrogen-bond donors (Lipinski definition) is 2. The fourth-order valence-electron chi connectivity index (χ4n) is 5.14. The Kier molecular flexibility index (Phi) is 8.14. The predicted octanol–water partition coefficient (Wildman–Crippen LogP) is 2.24. The Morgan fingerprint density at radius 3 is 2.66 bits per heavy atom. The van der Waals surface area contributed by atoms with Gasteiger partial charge in [0, 0.05) is 58.1 Å². The number of morpholine rings is 1. The van der Waals surface area contributed by atoms with Crippen molar-refractivity contribution in [3.8, 4) is 0 Å². The second-order valence-corrected chi connectivity index (χ2v) is 10.1. The van der Waals surface area contributed by atoms with Crippen LogP contribution in [-0.4, -0.2) is 97.8 Å². The van der Waals surface area contributed by atoms with Gasteiger partial charge in [-0.1, -0.05) is 0 Å². The van der Waals surface area contributed by atoms with Crippen molar-refractivity contribution in [2.24, 2.45) is 4.99 Å². The molecule has 202 valence electrons. The molecule has 0 spiro atoms. The van der Waals surface area contributed by atoms with Crippen LogP contribution in [0, 0.1) is 0 Å². The molecule has 3 aliphatic heterocycles. The van der Waals surface area contributed by atoms with Crippen molar-refractivity contribution < 1.29 is 14.3 Å². The number of aromatic nitrogens is 2. The van der Waals surface area contributed by atoms with Gasteiger partial charge in [-0.25, -0.2) is 9.97 Å². The van der Waals surface area contributed by atoms with E-state index >= 15 is 0 Å². The molecule has 38 heavy (non-hydrogen) atoms. The number of amides is 2. The third-order valence-electron chi connectivity index (χ3n) is 7.29. The number of aliphatic imine (C=N–C) groups is 1. The predicted molar refractivity (Wildman–Crippen MR) is 147 cm³/mol. The highest BCUT2D eigenvalue weighted by Crippen LogP contribution is 2.35. The number of fused-ring (bicyclic) bond motifs is 2. The smallest absolute Gasteiger partial charge is 0.238 e. The van der Waals surface area contributed by atoms with Crippen molar-refractivity contribution in [1.82, 2.24) is 19.8 Å². The number of rotatable bonds is 1. The van der Waals surface area contributed by atoms with Gasteiger partial charge < -0.3 is 30.1 Å². The highest BCUT2D eigenvalue weighted by Gasteiger charge is 2.34. The van der Waals surface area contributed by atoms with Crippen LogP contribution in [0.5, 0.6) is 0 Å². The van der Waals surface area contributed by atoms with Crippen molar-refractivity contribution in [3.05, 3.63) is 35.7 Å². The summed E-state index contributed by atoms with van der Waals surface area (Å²) in [6.45, 7) is 5.84. The lowest BCUT2D eigenvalue weighted by Crippen LogP contribution is -2.37. The number of nitrogens with one attached hydrogen (secondary N) is 2. The zero-order valence-corrected chi connectivity index (χ0v) is 22.2. The zero-order chi connectivity index (χ0) is 26.5. The normalized spacial score (nSPS) is 21.7. The van der Waals surface area contributed by atoms with Crippen LogP contribution in [0.2, 0.25) is 0 Å². The number of likely N-dealkylation sites (N-methyl/N-ethyl adjacent to an activating group) is 1. The summed E-state index contributed by atoms with van der Waals surface area (Å²) in [5.41, 5.74) is 3.84. The average Bonchev–Trinajstić information content (AvgIpc) is 3.25. The molecular formula is C27H36N8O3. The Balaban J connectivity index is 1.47. The number of hydrogen-bond acceptors (Lipinski definition) is 9. The van der Waals surface area contributed by atoms with E-state index in [1.165, 1.54) is 17.6 Å². The van der Waals surface area contributed by atoms with E-state index in [4.69, 9.17) is 9.73 Å². The maximum atomic E-state index is 12.9. The van der Waals surface area contributed by atoms with Crippen LogP contribution in [0.4, 0.5) is 23.0 Å². The molecule has 11 nitrogen and oxygen atoms in total. The second-order valence-electron chi connectivity index (χ2n) is 10.1. The molecule has 0 saturated carbocycles. The number of carbonyl (C=O) groups excluding carboxylic acids is 2. The van der Waals surface area contributed by atoms with E-state index in [1.807, 2.05) is 13.1 Å². The maximum Gasteiger partial charge on any atom is 0.238 e. The molecule has 2 bridgehead atoms. The van der Waals surface area contributed by atoms with Crippen molar-refractivity contribution in [2.75, 3.05) is 75.6 Å². The number of benzene rings is 1. The molecule has 2 N–H and O–H groups in total. The Morgan fingerprint density at radius 2 is 1.82 bits per heavy atom. The van der Waals surface area contributed by atoms with Crippen LogP contribution in [0.1, 0.15) is 36.3 Å². The van der Waals surface area contributed by atoms with E-state index in [1.54, 1.807) is 11.1 Å². The molecule has 2 aromatic rings. The summed E-state index contributed by atoms with van der Waals surface area (Å²) in [7, 11) is 3.94. The van der Waals surface area contributed by atoms with Crippen LogP contribution in [0.25, 0.3) is 0 Å². The van der Waals surface area contributed by atoms with Crippen molar-refractivity contribution in [1.29, 1.82) is 0 Å². The standard InChI is InChI=1S/C27H36N8O3/c1-33-9-4-3-5-23(36)34(2)10-8-28-25-24-21(27(37)32-26(24)31-18-30-25)16-29-20-6-7-22(19(15-20)17-33)35-11-13-38-14-12-35/h6-7,15-16,18,21H,3-5,8-14,17H2,1-2H3,(H2,28,30,31,32,37). The number of nitrogens with zero attached hydrogens (tertiary/aromatic N) is 6. The molecule has 1 atom stereocenters. The first-order chi connectivity index (χ1) is 18.5. The first-order valence-corrected chi connectivity index (χ1v) is 13.3. The first-order valence-electron chi connectivity index (χ1n) is 13.3. The molecule has 1 unspecified atom stereocenters. The van der Waals surface area contributed by atoms with Crippen molar-refractivity contribution >= 4 is 41.0 Å². The SMILES string of the molecule is CN1CCCCC(=O)N(C)CCNc2ncnc3c2C(C=Nc2ccc(N4CCOCC4)c(c2)C1)C(=O)N3. The third kappa shape index (κ3) is 5.94. The van der Waals surface area contributed by atoms with Gasteiger partial charge in [0.15, 0.2) is 0 Å². The van der Waals surface area contributed by atoms with Gasteiger partial charge in [-0.3, -0.25) is 14.6 Å². The van der Waals surface area contributed by atoms with Gasteiger partial charge in [-0.15, -0.1) is 0 Å². The average molecular weight is 521 g/mol. The van der Waals surface area contributed by atoms with Crippen molar-refractivity contribution in [2.45, 2.75) is 31.7 Å². The lowest BCUT2D eigenvalue weighted by Gasteiger charge is -2.31. The summed E-state index contributed by atoms with van der Waals surface area (Å²) in [6, 6.07) is 6.24. The molecule has 1 saturated heterocycles. The minimum Gasteiger partial charge on any atom is -0.378 e. The highest BCUT2D eigenvalue weighted by atomic mass is 16.5. The molecule has 1 aromatic carbocycles. The lowest BCUT2D eigenvalue weighted by molar-refractivity contribution is -0.129. The Morgan fingerprint density at radius 1 is 1.00 bits per heavy atom. The minimum absolute atomic E-state index is 0.129. The monoisotopic (exact) mass is 520 g/mol. The van der Waals surface area contributed by atoms with Gasteiger partial charge in [-0.2, -0.15) is 0 Å². The van der Waals surface area contributed by atoms with E-state index in [0.717, 1.165) is 44.7 Å². The lowest BCUT2D eigenvalue weighted by atomic mass is 10.0. The molecule has 0 aliphatic carbocycles. The van der Waals surface area contributed by atoms with E-state index in [2.05, 4.69) is 49.6 Å². The molecule has 1 fully saturated rings. The third-order valence-corrected chi connectivity index (χ3v) is 7.29. The summed E-state index contributed by atoms with van der Waals surface area (Å²) in [6.07, 6.45) is 5.42. The Labute approximate surface area is 223 Å². The molecular weight excluding hydrogens is 484 g/mol. The number of anilines is 3. The number of ether oxygens (including phenoxy) is 1. The van der Waals surface area contributed by atoms with Crippen LogP contribution >= 0.6 is 0 Å². The maximum absolute atomic E-state index is 12.9. The molecule has 3 aliphatic rings. The molecule has 1 aromatic heterocycles. The highest BCUT2D eigenvalue weighted by molar-refractivity contribution is 6.13. The Hall–Kier alpha value is -3.57. The van der Waals surface area contributed by atoms with Crippen molar-refractivity contribution in [3.63, 3.8) is 0 Å². The molecule has 2 amide bonds. The van der Waals surface area contributed by atoms with E-state index in [0.29, 0.717) is 49.9 Å². The van der Waals surface area contributed by atoms with Gasteiger partial charge in [0.25, 0.3) is 0 Å². The molecule has 5 rings (SSSR count). The fourth-order valence-corrected chi connectivity index (χ4v) is 5.14. The van der Waals surface area contributed by atoms with Gasteiger partial charge in [-0.05, 0) is 50.2 Å². The molecule has 4 heterocycles. The largest absolute Gasteiger partial charge is 0.378 e. The Bertz CT molecular complexity index is 1200. The van der Waals surface area contributed by atoms with Crippen LogP contribution in [0.3, 0.4) is 0 Å². The van der Waals surface area contributed by atoms with Gasteiger partial charge in [0.2, 0.25) is 11.8 Å². The van der Waals surface area contributed by atoms with Crippen LogP contribution in [0.15, 0.2) is 29.5 Å². The topological polar surface area (TPSA) is 115 Å². The summed E-state index contributed by atoms with van der Waals surface area (Å²) >= 11 is 0. The summed E-state index contributed by atoms with van der Waals surface area (Å²) in [4.78, 5) is 45.3. The second kappa shape index (κ2) is 11.9. The molecule has 0 radical (unpaired) electrons.